The Bertz CT molecular complexity index is 394. The molecule has 2 aliphatic rings. The van der Waals surface area contributed by atoms with Gasteiger partial charge in [-0.15, -0.1) is 0 Å². The molecule has 0 bridgehead atoms. The summed E-state index contributed by atoms with van der Waals surface area (Å²) in [5.41, 5.74) is 4.18. The summed E-state index contributed by atoms with van der Waals surface area (Å²) in [7, 11) is 0. The lowest BCUT2D eigenvalue weighted by atomic mass is 9.91. The van der Waals surface area contributed by atoms with Crippen molar-refractivity contribution < 1.29 is 19.4 Å². The molecule has 0 aliphatic carbocycles. The highest BCUT2D eigenvalue weighted by Crippen LogP contribution is 2.23. The van der Waals surface area contributed by atoms with Crippen LogP contribution in [-0.2, 0) is 14.3 Å². The monoisotopic (exact) mass is 254 g/mol. The van der Waals surface area contributed by atoms with E-state index in [-0.39, 0.29) is 12.5 Å². The highest BCUT2D eigenvalue weighted by molar-refractivity contribution is 5.94. The van der Waals surface area contributed by atoms with Crippen LogP contribution in [0.25, 0.3) is 0 Å². The van der Waals surface area contributed by atoms with E-state index in [1.54, 1.807) is 0 Å². The SMILES string of the molecule is NC(=O)C1(O)CCCN(C(=O)C2=COCCC2)C1. The van der Waals surface area contributed by atoms with Crippen LogP contribution in [0.3, 0.4) is 0 Å². The number of likely N-dealkylation sites (tertiary alicyclic amines) is 1. The average Bonchev–Trinajstić information content (AvgIpc) is 2.39. The zero-order valence-corrected chi connectivity index (χ0v) is 10.2. The fraction of sp³-hybridized carbons (Fsp3) is 0.667. The number of piperidine rings is 1. The lowest BCUT2D eigenvalue weighted by Gasteiger charge is -2.37. The first-order valence-corrected chi connectivity index (χ1v) is 6.15. The number of carbonyl (C=O) groups excluding carboxylic acids is 2. The van der Waals surface area contributed by atoms with Gasteiger partial charge in [-0.25, -0.2) is 0 Å². The molecule has 3 N–H and O–H groups in total. The van der Waals surface area contributed by atoms with Gasteiger partial charge in [0.2, 0.25) is 0 Å². The molecule has 0 spiro atoms. The average molecular weight is 254 g/mol. The predicted octanol–water partition coefficient (Wildman–Crippen LogP) is -0.481. The maximum Gasteiger partial charge on any atom is 0.252 e. The van der Waals surface area contributed by atoms with Crippen LogP contribution in [0.1, 0.15) is 25.7 Å². The number of hydrogen-bond donors (Lipinski definition) is 2. The summed E-state index contributed by atoms with van der Waals surface area (Å²) < 4.78 is 5.13. The van der Waals surface area contributed by atoms with Gasteiger partial charge >= 0.3 is 0 Å². The predicted molar refractivity (Wildman–Crippen MR) is 63.2 cm³/mol. The van der Waals surface area contributed by atoms with Crippen LogP contribution in [0.4, 0.5) is 0 Å². The molecule has 1 unspecified atom stereocenters. The summed E-state index contributed by atoms with van der Waals surface area (Å²) in [4.78, 5) is 24.9. The molecular formula is C12H18N2O4. The Morgan fingerprint density at radius 1 is 1.44 bits per heavy atom. The van der Waals surface area contributed by atoms with Crippen molar-refractivity contribution in [2.75, 3.05) is 19.7 Å². The minimum absolute atomic E-state index is 0.0293. The van der Waals surface area contributed by atoms with Crippen molar-refractivity contribution in [2.45, 2.75) is 31.3 Å². The van der Waals surface area contributed by atoms with E-state index in [2.05, 4.69) is 0 Å². The second-order valence-corrected chi connectivity index (χ2v) is 4.84. The third-order valence-corrected chi connectivity index (χ3v) is 3.43. The highest BCUT2D eigenvalue weighted by Gasteiger charge is 2.40. The van der Waals surface area contributed by atoms with Gasteiger partial charge in [-0.3, -0.25) is 9.59 Å². The van der Waals surface area contributed by atoms with Crippen LogP contribution in [0.2, 0.25) is 0 Å². The van der Waals surface area contributed by atoms with Crippen molar-refractivity contribution in [3.8, 4) is 0 Å². The number of hydrogen-bond acceptors (Lipinski definition) is 4. The van der Waals surface area contributed by atoms with Crippen molar-refractivity contribution in [2.24, 2.45) is 5.73 Å². The second kappa shape index (κ2) is 4.97. The Hall–Kier alpha value is -1.56. The molecule has 2 aliphatic heterocycles. The van der Waals surface area contributed by atoms with E-state index in [4.69, 9.17) is 10.5 Å². The molecule has 0 aromatic rings. The normalized spacial score (nSPS) is 28.3. The Labute approximate surface area is 105 Å². The lowest BCUT2D eigenvalue weighted by molar-refractivity contribution is -0.147. The van der Waals surface area contributed by atoms with E-state index in [1.165, 1.54) is 11.2 Å². The molecule has 2 amide bonds. The fourth-order valence-corrected chi connectivity index (χ4v) is 2.34. The van der Waals surface area contributed by atoms with Gasteiger partial charge < -0.3 is 20.5 Å². The van der Waals surface area contributed by atoms with Gasteiger partial charge in [0, 0.05) is 6.54 Å². The summed E-state index contributed by atoms with van der Waals surface area (Å²) in [5, 5.41) is 10.0. The third kappa shape index (κ3) is 2.48. The van der Waals surface area contributed by atoms with E-state index < -0.39 is 11.5 Å². The number of carbonyl (C=O) groups is 2. The van der Waals surface area contributed by atoms with Crippen LogP contribution in [-0.4, -0.2) is 47.1 Å². The molecule has 1 saturated heterocycles. The molecule has 6 nitrogen and oxygen atoms in total. The third-order valence-electron chi connectivity index (χ3n) is 3.43. The number of nitrogens with zero attached hydrogens (tertiary/aromatic N) is 1. The summed E-state index contributed by atoms with van der Waals surface area (Å²) in [6.07, 6.45) is 3.83. The van der Waals surface area contributed by atoms with Crippen molar-refractivity contribution in [3.63, 3.8) is 0 Å². The minimum Gasteiger partial charge on any atom is -0.501 e. The van der Waals surface area contributed by atoms with Crippen molar-refractivity contribution in [3.05, 3.63) is 11.8 Å². The number of ether oxygens (including phenoxy) is 1. The van der Waals surface area contributed by atoms with Crippen molar-refractivity contribution >= 4 is 11.8 Å². The van der Waals surface area contributed by atoms with Gasteiger partial charge in [0.1, 0.15) is 0 Å². The van der Waals surface area contributed by atoms with Gasteiger partial charge in [-0.05, 0) is 25.7 Å². The van der Waals surface area contributed by atoms with E-state index in [9.17, 15) is 14.7 Å². The number of nitrogens with two attached hydrogens (primary N) is 1. The Morgan fingerprint density at radius 2 is 2.22 bits per heavy atom. The van der Waals surface area contributed by atoms with Crippen LogP contribution in [0.15, 0.2) is 11.8 Å². The Kier molecular flexibility index (Phi) is 3.56. The van der Waals surface area contributed by atoms with Gasteiger partial charge in [0.25, 0.3) is 11.8 Å². The maximum atomic E-state index is 12.2. The number of β-amino-alcohol motifs (C(OH)–C–C–N with tert-alkyl or cyclic N) is 1. The largest absolute Gasteiger partial charge is 0.501 e. The van der Waals surface area contributed by atoms with Gasteiger partial charge in [-0.1, -0.05) is 0 Å². The fourth-order valence-electron chi connectivity index (χ4n) is 2.34. The summed E-state index contributed by atoms with van der Waals surface area (Å²) >= 11 is 0. The zero-order valence-electron chi connectivity index (χ0n) is 10.2. The molecular weight excluding hydrogens is 236 g/mol. The smallest absolute Gasteiger partial charge is 0.252 e. The molecule has 0 aromatic heterocycles. The van der Waals surface area contributed by atoms with Gasteiger partial charge in [-0.2, -0.15) is 0 Å². The quantitative estimate of drug-likeness (QED) is 0.696. The van der Waals surface area contributed by atoms with Crippen molar-refractivity contribution in [1.29, 1.82) is 0 Å². The summed E-state index contributed by atoms with van der Waals surface area (Å²) in [6, 6.07) is 0. The second-order valence-electron chi connectivity index (χ2n) is 4.84. The molecule has 6 heteroatoms. The van der Waals surface area contributed by atoms with Gasteiger partial charge in [0.05, 0.1) is 25.0 Å². The van der Waals surface area contributed by atoms with E-state index in [0.717, 1.165) is 6.42 Å². The van der Waals surface area contributed by atoms with Crippen LogP contribution < -0.4 is 5.73 Å². The first kappa shape index (κ1) is 12.9. The molecule has 2 heterocycles. The summed E-state index contributed by atoms with van der Waals surface area (Å²) in [6.45, 7) is 1.13. The number of amides is 2. The molecule has 0 saturated carbocycles. The van der Waals surface area contributed by atoms with E-state index in [1.807, 2.05) is 0 Å². The van der Waals surface area contributed by atoms with Gasteiger partial charge in [0.15, 0.2) is 5.60 Å². The number of primary amides is 1. The van der Waals surface area contributed by atoms with Crippen molar-refractivity contribution in [1.82, 2.24) is 4.90 Å². The molecule has 1 atom stereocenters. The first-order valence-electron chi connectivity index (χ1n) is 6.15. The van der Waals surface area contributed by atoms with Crippen LogP contribution >= 0.6 is 0 Å². The van der Waals surface area contributed by atoms with E-state index >= 15 is 0 Å². The molecule has 2 rings (SSSR count). The standard InChI is InChI=1S/C12H18N2O4/c13-11(16)12(17)4-2-5-14(8-12)10(15)9-3-1-6-18-7-9/h7,17H,1-6,8H2,(H2,13,16). The molecule has 1 fully saturated rings. The Balaban J connectivity index is 2.07. The highest BCUT2D eigenvalue weighted by atomic mass is 16.5. The molecule has 0 aromatic carbocycles. The maximum absolute atomic E-state index is 12.2. The number of aliphatic hydroxyl groups is 1. The lowest BCUT2D eigenvalue weighted by Crippen LogP contribution is -2.57. The zero-order chi connectivity index (χ0) is 13.2. The first-order chi connectivity index (χ1) is 8.53. The van der Waals surface area contributed by atoms with Crippen LogP contribution in [0, 0.1) is 0 Å². The minimum atomic E-state index is -1.59. The van der Waals surface area contributed by atoms with E-state index in [0.29, 0.717) is 38.0 Å². The number of rotatable bonds is 2. The molecule has 100 valence electrons. The molecule has 0 radical (unpaired) electrons. The van der Waals surface area contributed by atoms with Crippen LogP contribution in [0.5, 0.6) is 0 Å². The summed E-state index contributed by atoms with van der Waals surface area (Å²) in [5.74, 6) is -0.942. The topological polar surface area (TPSA) is 92.9 Å². The Morgan fingerprint density at radius 3 is 2.83 bits per heavy atom. The molecule has 18 heavy (non-hydrogen) atoms.